The fourth-order valence-corrected chi connectivity index (χ4v) is 4.03. The van der Waals surface area contributed by atoms with E-state index in [2.05, 4.69) is 9.84 Å². The Labute approximate surface area is 168 Å². The van der Waals surface area contributed by atoms with Crippen LogP contribution in [0.4, 0.5) is 17.1 Å². The molecule has 4 rings (SSSR count). The minimum atomic E-state index is -3.89. The summed E-state index contributed by atoms with van der Waals surface area (Å²) in [7, 11) is -3.89. The van der Waals surface area contributed by atoms with Gasteiger partial charge in [0.05, 0.1) is 4.90 Å². The van der Waals surface area contributed by atoms with E-state index >= 15 is 0 Å². The summed E-state index contributed by atoms with van der Waals surface area (Å²) in [6, 6.07) is 27.5. The van der Waals surface area contributed by atoms with Crippen LogP contribution in [0.15, 0.2) is 107 Å². The third kappa shape index (κ3) is 4.09. The Kier molecular flexibility index (Phi) is 4.97. The normalized spacial score (nSPS) is 12.1. The first-order valence-electron chi connectivity index (χ1n) is 8.87. The Balaban J connectivity index is 1.69. The number of hydrogen-bond acceptors (Lipinski definition) is 4. The predicted molar refractivity (Wildman–Crippen MR) is 113 cm³/mol. The minimum Gasteiger partial charge on any atom is -0.594 e. The van der Waals surface area contributed by atoms with Crippen molar-refractivity contribution in [3.8, 4) is 0 Å². The van der Waals surface area contributed by atoms with Gasteiger partial charge in [0.25, 0.3) is 15.7 Å². The molecule has 0 amide bonds. The van der Waals surface area contributed by atoms with Gasteiger partial charge in [-0.05, 0) is 46.0 Å². The van der Waals surface area contributed by atoms with Crippen LogP contribution in [-0.2, 0) is 10.0 Å². The maximum absolute atomic E-state index is 12.9. The number of para-hydroxylation sites is 2. The van der Waals surface area contributed by atoms with Crippen molar-refractivity contribution in [2.75, 3.05) is 4.72 Å². The van der Waals surface area contributed by atoms with Crippen molar-refractivity contribution in [2.45, 2.75) is 4.90 Å². The van der Waals surface area contributed by atoms with E-state index in [1.54, 1.807) is 48.5 Å². The molecular weight excluding hydrogens is 386 g/mol. The van der Waals surface area contributed by atoms with E-state index in [9.17, 15) is 13.6 Å². The van der Waals surface area contributed by atoms with Gasteiger partial charge in [-0.3, -0.25) is 4.72 Å². The second kappa shape index (κ2) is 7.73. The Bertz CT molecular complexity index is 1300. The SMILES string of the molecule is O=S(=O)(Nc1ccccc1[N+]([O-])=Nc1ccccc1)c1ccc2ccccc2c1. The summed E-state index contributed by atoms with van der Waals surface area (Å²) < 4.78 is 28.3. The topological polar surface area (TPSA) is 84.6 Å². The van der Waals surface area contributed by atoms with Crippen molar-refractivity contribution in [1.82, 2.24) is 0 Å². The molecule has 0 aliphatic rings. The third-order valence-electron chi connectivity index (χ3n) is 4.35. The van der Waals surface area contributed by atoms with Gasteiger partial charge in [-0.15, -0.1) is 0 Å². The summed E-state index contributed by atoms with van der Waals surface area (Å²) in [6.45, 7) is 0. The van der Waals surface area contributed by atoms with Crippen LogP contribution in [0.2, 0.25) is 0 Å². The first-order chi connectivity index (χ1) is 14.0. The summed E-state index contributed by atoms with van der Waals surface area (Å²) in [4.78, 5) is 0.525. The van der Waals surface area contributed by atoms with E-state index in [1.165, 1.54) is 18.2 Å². The highest BCUT2D eigenvalue weighted by atomic mass is 32.2. The summed E-state index contributed by atoms with van der Waals surface area (Å²) in [5, 5.41) is 18.3. The van der Waals surface area contributed by atoms with Crippen LogP contribution in [0.25, 0.3) is 10.8 Å². The zero-order chi connectivity index (χ0) is 20.3. The van der Waals surface area contributed by atoms with E-state index in [0.717, 1.165) is 10.8 Å². The molecule has 29 heavy (non-hydrogen) atoms. The molecule has 4 aromatic rings. The molecule has 0 fully saturated rings. The molecule has 0 aliphatic heterocycles. The summed E-state index contributed by atoms with van der Waals surface area (Å²) in [5.74, 6) is 0. The smallest absolute Gasteiger partial charge is 0.268 e. The van der Waals surface area contributed by atoms with Crippen LogP contribution < -0.4 is 4.72 Å². The van der Waals surface area contributed by atoms with Crippen molar-refractivity contribution in [2.24, 2.45) is 5.11 Å². The van der Waals surface area contributed by atoms with Crippen molar-refractivity contribution < 1.29 is 13.3 Å². The number of fused-ring (bicyclic) bond motifs is 1. The summed E-state index contributed by atoms with van der Waals surface area (Å²) in [6.07, 6.45) is 0. The molecule has 4 aromatic carbocycles. The van der Waals surface area contributed by atoms with Crippen LogP contribution in [0.5, 0.6) is 0 Å². The van der Waals surface area contributed by atoms with Gasteiger partial charge in [0, 0.05) is 11.2 Å². The maximum atomic E-state index is 12.9. The number of hydrogen-bond donors (Lipinski definition) is 1. The van der Waals surface area contributed by atoms with Crippen molar-refractivity contribution in [3.05, 3.63) is 102 Å². The van der Waals surface area contributed by atoms with Crippen molar-refractivity contribution >= 4 is 37.9 Å². The van der Waals surface area contributed by atoms with Gasteiger partial charge in [-0.1, -0.05) is 60.7 Å². The van der Waals surface area contributed by atoms with Crippen molar-refractivity contribution in [1.29, 1.82) is 0 Å². The summed E-state index contributed by atoms with van der Waals surface area (Å²) in [5.41, 5.74) is 0.714. The Morgan fingerprint density at radius 1 is 0.759 bits per heavy atom. The number of benzene rings is 4. The van der Waals surface area contributed by atoms with E-state index < -0.39 is 10.0 Å². The van der Waals surface area contributed by atoms with E-state index in [-0.39, 0.29) is 16.3 Å². The number of sulfonamides is 1. The second-order valence-corrected chi connectivity index (χ2v) is 8.02. The fourth-order valence-electron chi connectivity index (χ4n) is 2.92. The standard InChI is InChI=1S/C22H17N3O3S/c26-25(23-19-10-2-1-3-11-19)22-13-7-6-12-21(22)24-29(27,28)20-15-14-17-8-4-5-9-18(17)16-20/h1-16,24H. The number of nitrogens with one attached hydrogen (secondary N) is 1. The van der Waals surface area contributed by atoms with Gasteiger partial charge in [0.1, 0.15) is 11.4 Å². The quantitative estimate of drug-likeness (QED) is 0.269. The first kappa shape index (κ1) is 18.6. The molecule has 1 N–H and O–H groups in total. The lowest BCUT2D eigenvalue weighted by Crippen LogP contribution is -2.14. The fraction of sp³-hybridized carbons (Fsp3) is 0. The number of azo groups is 1. The monoisotopic (exact) mass is 403 g/mol. The van der Waals surface area contributed by atoms with Crippen LogP contribution in [0.1, 0.15) is 0 Å². The first-order valence-corrected chi connectivity index (χ1v) is 10.4. The van der Waals surface area contributed by atoms with Gasteiger partial charge in [0.2, 0.25) is 0 Å². The largest absolute Gasteiger partial charge is 0.594 e. The molecule has 0 spiro atoms. The zero-order valence-corrected chi connectivity index (χ0v) is 16.1. The molecule has 0 saturated carbocycles. The maximum Gasteiger partial charge on any atom is 0.268 e. The molecule has 6 nitrogen and oxygen atoms in total. The number of nitrogens with zero attached hydrogens (tertiary/aromatic N) is 2. The highest BCUT2D eigenvalue weighted by molar-refractivity contribution is 7.92. The van der Waals surface area contributed by atoms with Crippen LogP contribution >= 0.6 is 0 Å². The molecule has 7 heteroatoms. The highest BCUT2D eigenvalue weighted by Gasteiger charge is 2.20. The molecule has 0 atom stereocenters. The van der Waals surface area contributed by atoms with Gasteiger partial charge >= 0.3 is 0 Å². The number of rotatable bonds is 5. The van der Waals surface area contributed by atoms with Gasteiger partial charge in [0.15, 0.2) is 0 Å². The van der Waals surface area contributed by atoms with E-state index in [1.807, 2.05) is 30.3 Å². The Hall–Kier alpha value is -3.71. The van der Waals surface area contributed by atoms with E-state index in [0.29, 0.717) is 10.5 Å². The second-order valence-electron chi connectivity index (χ2n) is 6.34. The Morgan fingerprint density at radius 2 is 1.41 bits per heavy atom. The van der Waals surface area contributed by atoms with Gasteiger partial charge in [-0.25, -0.2) is 8.42 Å². The lowest BCUT2D eigenvalue weighted by atomic mass is 10.1. The average molecular weight is 403 g/mol. The van der Waals surface area contributed by atoms with E-state index in [4.69, 9.17) is 0 Å². The van der Waals surface area contributed by atoms with Crippen LogP contribution in [0.3, 0.4) is 0 Å². The highest BCUT2D eigenvalue weighted by Crippen LogP contribution is 2.29. The average Bonchev–Trinajstić information content (AvgIpc) is 2.74. The third-order valence-corrected chi connectivity index (χ3v) is 5.71. The molecule has 0 saturated heterocycles. The lowest BCUT2D eigenvalue weighted by Gasteiger charge is -2.11. The van der Waals surface area contributed by atoms with Gasteiger partial charge < -0.3 is 5.21 Å². The molecule has 0 bridgehead atoms. The zero-order valence-electron chi connectivity index (χ0n) is 15.3. The molecule has 0 aromatic heterocycles. The Morgan fingerprint density at radius 3 is 2.21 bits per heavy atom. The predicted octanol–water partition coefficient (Wildman–Crippen LogP) is 5.57. The summed E-state index contributed by atoms with van der Waals surface area (Å²) >= 11 is 0. The van der Waals surface area contributed by atoms with Crippen LogP contribution in [0, 0.1) is 5.21 Å². The molecule has 0 unspecified atom stereocenters. The number of anilines is 1. The van der Waals surface area contributed by atoms with Gasteiger partial charge in [-0.2, -0.15) is 0 Å². The molecule has 0 heterocycles. The van der Waals surface area contributed by atoms with Crippen molar-refractivity contribution in [3.63, 3.8) is 0 Å². The molecule has 0 aliphatic carbocycles. The molecule has 144 valence electrons. The lowest BCUT2D eigenvalue weighted by molar-refractivity contribution is -0.434. The molecular formula is C22H17N3O3S. The molecule has 0 radical (unpaired) electrons. The van der Waals surface area contributed by atoms with Crippen LogP contribution in [-0.4, -0.2) is 13.3 Å². The minimum absolute atomic E-state index is 0.0979.